The summed E-state index contributed by atoms with van der Waals surface area (Å²) in [6.45, 7) is 6.02. The zero-order valence-corrected chi connectivity index (χ0v) is 12.7. The summed E-state index contributed by atoms with van der Waals surface area (Å²) in [4.78, 5) is 13.2. The lowest BCUT2D eigenvalue weighted by Crippen LogP contribution is -2.24. The molecule has 0 aromatic carbocycles. The van der Waals surface area contributed by atoms with E-state index in [0.29, 0.717) is 12.2 Å². The second kappa shape index (κ2) is 6.72. The Kier molecular flexibility index (Phi) is 4.98. The number of rotatable bonds is 6. The summed E-state index contributed by atoms with van der Waals surface area (Å²) < 4.78 is 1.28. The summed E-state index contributed by atoms with van der Waals surface area (Å²) in [5, 5.41) is 9.57. The van der Waals surface area contributed by atoms with Gasteiger partial charge in [-0.15, -0.1) is 17.9 Å². The van der Waals surface area contributed by atoms with Crippen molar-refractivity contribution in [2.24, 2.45) is 0 Å². The molecule has 0 bridgehead atoms. The third kappa shape index (κ3) is 3.11. The SMILES string of the molecule is C=CCn1ncc(NC(CC)c2cccs2)c(Cl)c1=O. The van der Waals surface area contributed by atoms with Crippen molar-refractivity contribution in [1.82, 2.24) is 9.78 Å². The Morgan fingerprint density at radius 1 is 1.65 bits per heavy atom. The highest BCUT2D eigenvalue weighted by Gasteiger charge is 2.14. The lowest BCUT2D eigenvalue weighted by molar-refractivity contribution is 0.650. The van der Waals surface area contributed by atoms with Crippen LogP contribution in [0.4, 0.5) is 5.69 Å². The minimum absolute atomic E-state index is 0.129. The van der Waals surface area contributed by atoms with Gasteiger partial charge in [-0.25, -0.2) is 4.68 Å². The van der Waals surface area contributed by atoms with Crippen LogP contribution in [0.3, 0.4) is 0 Å². The fourth-order valence-electron chi connectivity index (χ4n) is 1.87. The summed E-state index contributed by atoms with van der Waals surface area (Å²) in [6, 6.07) is 4.20. The lowest BCUT2D eigenvalue weighted by atomic mass is 10.2. The molecule has 2 aromatic heterocycles. The van der Waals surface area contributed by atoms with E-state index in [9.17, 15) is 4.79 Å². The third-order valence-electron chi connectivity index (χ3n) is 2.91. The van der Waals surface area contributed by atoms with Gasteiger partial charge in [0, 0.05) is 4.88 Å². The molecule has 0 amide bonds. The normalized spacial score (nSPS) is 12.1. The quantitative estimate of drug-likeness (QED) is 0.828. The molecule has 0 aliphatic rings. The van der Waals surface area contributed by atoms with Crippen molar-refractivity contribution >= 4 is 28.6 Å². The van der Waals surface area contributed by atoms with Crippen molar-refractivity contribution in [3.8, 4) is 0 Å². The van der Waals surface area contributed by atoms with Crippen LogP contribution in [0.2, 0.25) is 5.02 Å². The molecule has 2 rings (SSSR count). The van der Waals surface area contributed by atoms with Gasteiger partial charge < -0.3 is 5.32 Å². The van der Waals surface area contributed by atoms with Gasteiger partial charge in [0.05, 0.1) is 24.5 Å². The maximum atomic E-state index is 12.0. The van der Waals surface area contributed by atoms with Gasteiger partial charge in [0.1, 0.15) is 5.02 Å². The molecule has 2 heterocycles. The molecule has 106 valence electrons. The first kappa shape index (κ1) is 14.8. The van der Waals surface area contributed by atoms with E-state index in [1.54, 1.807) is 23.6 Å². The Hall–Kier alpha value is -1.59. The molecule has 0 fully saturated rings. The standard InChI is InChI=1S/C14H16ClN3OS/c1-3-7-18-14(19)13(15)11(9-16-18)17-10(4-2)12-6-5-8-20-12/h3,5-6,8-10,17H,1,4,7H2,2H3. The summed E-state index contributed by atoms with van der Waals surface area (Å²) in [7, 11) is 0. The van der Waals surface area contributed by atoms with Crippen molar-refractivity contribution in [2.75, 3.05) is 5.32 Å². The van der Waals surface area contributed by atoms with E-state index in [0.717, 1.165) is 6.42 Å². The number of halogens is 1. The average molecular weight is 310 g/mol. The van der Waals surface area contributed by atoms with Gasteiger partial charge in [0.25, 0.3) is 5.56 Å². The molecule has 4 nitrogen and oxygen atoms in total. The van der Waals surface area contributed by atoms with Gasteiger partial charge in [-0.1, -0.05) is 30.7 Å². The smallest absolute Gasteiger partial charge is 0.287 e. The van der Waals surface area contributed by atoms with Crippen molar-refractivity contribution in [2.45, 2.75) is 25.9 Å². The Labute approximate surface area is 126 Å². The zero-order chi connectivity index (χ0) is 14.5. The number of nitrogens with zero attached hydrogens (tertiary/aromatic N) is 2. The van der Waals surface area contributed by atoms with Crippen LogP contribution in [0.1, 0.15) is 24.3 Å². The Bertz CT molecular complexity index is 636. The monoisotopic (exact) mass is 309 g/mol. The lowest BCUT2D eigenvalue weighted by Gasteiger charge is -2.17. The van der Waals surface area contributed by atoms with E-state index in [1.165, 1.54) is 9.56 Å². The maximum Gasteiger partial charge on any atom is 0.287 e. The second-order valence-electron chi connectivity index (χ2n) is 4.27. The molecule has 0 radical (unpaired) electrons. The van der Waals surface area contributed by atoms with Crippen molar-refractivity contribution < 1.29 is 0 Å². The van der Waals surface area contributed by atoms with E-state index in [2.05, 4.69) is 30.0 Å². The number of hydrogen-bond donors (Lipinski definition) is 1. The van der Waals surface area contributed by atoms with Crippen LogP contribution in [0.25, 0.3) is 0 Å². The van der Waals surface area contributed by atoms with Gasteiger partial charge in [0.2, 0.25) is 0 Å². The molecular weight excluding hydrogens is 294 g/mol. The van der Waals surface area contributed by atoms with Gasteiger partial charge in [0.15, 0.2) is 0 Å². The number of thiophene rings is 1. The predicted molar refractivity (Wildman–Crippen MR) is 84.7 cm³/mol. The highest BCUT2D eigenvalue weighted by molar-refractivity contribution is 7.10. The molecule has 1 unspecified atom stereocenters. The van der Waals surface area contributed by atoms with Crippen molar-refractivity contribution in [3.63, 3.8) is 0 Å². The molecule has 0 aliphatic carbocycles. The van der Waals surface area contributed by atoms with E-state index in [-0.39, 0.29) is 16.6 Å². The topological polar surface area (TPSA) is 46.9 Å². The summed E-state index contributed by atoms with van der Waals surface area (Å²) in [6.07, 6.45) is 4.09. The molecule has 20 heavy (non-hydrogen) atoms. The van der Waals surface area contributed by atoms with Crippen LogP contribution in [-0.4, -0.2) is 9.78 Å². The Morgan fingerprint density at radius 3 is 3.05 bits per heavy atom. The molecule has 6 heteroatoms. The molecule has 1 atom stereocenters. The summed E-state index contributed by atoms with van der Waals surface area (Å²) in [5.74, 6) is 0. The number of hydrogen-bond acceptors (Lipinski definition) is 4. The van der Waals surface area contributed by atoms with Crippen LogP contribution in [-0.2, 0) is 6.54 Å². The minimum Gasteiger partial charge on any atom is -0.375 e. The number of allylic oxidation sites excluding steroid dienone is 1. The van der Waals surface area contributed by atoms with Crippen LogP contribution in [0, 0.1) is 0 Å². The van der Waals surface area contributed by atoms with Crippen LogP contribution in [0.15, 0.2) is 41.2 Å². The molecule has 0 aliphatic heterocycles. The zero-order valence-electron chi connectivity index (χ0n) is 11.2. The van der Waals surface area contributed by atoms with Crippen LogP contribution in [0.5, 0.6) is 0 Å². The van der Waals surface area contributed by atoms with Crippen molar-refractivity contribution in [1.29, 1.82) is 0 Å². The number of anilines is 1. The van der Waals surface area contributed by atoms with Crippen LogP contribution >= 0.6 is 22.9 Å². The first-order chi connectivity index (χ1) is 9.67. The highest BCUT2D eigenvalue weighted by atomic mass is 35.5. The van der Waals surface area contributed by atoms with E-state index in [4.69, 9.17) is 11.6 Å². The number of nitrogens with one attached hydrogen (secondary N) is 1. The summed E-state index contributed by atoms with van der Waals surface area (Å²) in [5.41, 5.74) is 0.259. The van der Waals surface area contributed by atoms with Crippen molar-refractivity contribution in [3.05, 3.63) is 56.6 Å². The fraction of sp³-hybridized carbons (Fsp3) is 0.286. The Balaban J connectivity index is 2.27. The van der Waals surface area contributed by atoms with E-state index < -0.39 is 0 Å². The molecule has 2 aromatic rings. The molecule has 1 N–H and O–H groups in total. The predicted octanol–water partition coefficient (Wildman–Crippen LogP) is 3.71. The maximum absolute atomic E-state index is 12.0. The van der Waals surface area contributed by atoms with Crippen LogP contribution < -0.4 is 10.9 Å². The second-order valence-corrected chi connectivity index (χ2v) is 5.63. The largest absolute Gasteiger partial charge is 0.375 e. The molecule has 0 spiro atoms. The van der Waals surface area contributed by atoms with Gasteiger partial charge in [-0.3, -0.25) is 4.79 Å². The van der Waals surface area contributed by atoms with Gasteiger partial charge >= 0.3 is 0 Å². The molecule has 0 saturated heterocycles. The third-order valence-corrected chi connectivity index (χ3v) is 4.26. The first-order valence-corrected chi connectivity index (χ1v) is 7.59. The van der Waals surface area contributed by atoms with E-state index >= 15 is 0 Å². The average Bonchev–Trinajstić information content (AvgIpc) is 2.97. The molecular formula is C14H16ClN3OS. The fourth-order valence-corrected chi connectivity index (χ4v) is 2.93. The summed E-state index contributed by atoms with van der Waals surface area (Å²) >= 11 is 7.80. The van der Waals surface area contributed by atoms with Gasteiger partial charge in [-0.05, 0) is 17.9 Å². The number of aromatic nitrogens is 2. The van der Waals surface area contributed by atoms with E-state index in [1.807, 2.05) is 11.4 Å². The highest BCUT2D eigenvalue weighted by Crippen LogP contribution is 2.27. The molecule has 0 saturated carbocycles. The Morgan fingerprint density at radius 2 is 2.45 bits per heavy atom. The first-order valence-electron chi connectivity index (χ1n) is 6.33. The van der Waals surface area contributed by atoms with Gasteiger partial charge in [-0.2, -0.15) is 5.10 Å². The minimum atomic E-state index is -0.308.